The molecule has 0 saturated carbocycles. The van der Waals surface area contributed by atoms with E-state index in [1.807, 2.05) is 51.1 Å². The van der Waals surface area contributed by atoms with Gasteiger partial charge in [0.1, 0.15) is 24.5 Å². The van der Waals surface area contributed by atoms with Crippen molar-refractivity contribution in [3.05, 3.63) is 71.8 Å². The quantitative estimate of drug-likeness (QED) is 0.327. The van der Waals surface area contributed by atoms with E-state index in [2.05, 4.69) is 29.6 Å². The van der Waals surface area contributed by atoms with E-state index in [0.717, 1.165) is 35.1 Å². The predicted molar refractivity (Wildman–Crippen MR) is 136 cm³/mol. The summed E-state index contributed by atoms with van der Waals surface area (Å²) in [7, 11) is 0. The van der Waals surface area contributed by atoms with E-state index < -0.39 is 24.2 Å². The monoisotopic (exact) mass is 477 g/mol. The van der Waals surface area contributed by atoms with Crippen molar-refractivity contribution in [1.29, 1.82) is 0 Å². The van der Waals surface area contributed by atoms with Gasteiger partial charge >= 0.3 is 12.1 Å². The average molecular weight is 478 g/mol. The molecule has 0 unspecified atom stereocenters. The Morgan fingerprint density at radius 3 is 2.14 bits per heavy atom. The van der Waals surface area contributed by atoms with Gasteiger partial charge in [0.15, 0.2) is 0 Å². The molecule has 0 fully saturated rings. The number of allylic oxidation sites excluding steroid dienone is 1. The number of unbranched alkanes of at least 4 members (excludes halogenated alkanes) is 1. The van der Waals surface area contributed by atoms with Gasteiger partial charge in [-0.05, 0) is 47.6 Å². The lowest BCUT2D eigenvalue weighted by Gasteiger charge is -2.23. The molecule has 0 saturated heterocycles. The van der Waals surface area contributed by atoms with Crippen LogP contribution < -0.4 is 5.32 Å². The number of hydrogen-bond donors (Lipinski definition) is 1. The molecular formula is C29H35NO5. The number of esters is 1. The number of amides is 1. The van der Waals surface area contributed by atoms with Crippen LogP contribution in [0.3, 0.4) is 0 Å². The highest BCUT2D eigenvalue weighted by molar-refractivity contribution is 5.83. The minimum absolute atomic E-state index is 0.0683. The van der Waals surface area contributed by atoms with Gasteiger partial charge in [0.25, 0.3) is 0 Å². The molecule has 2 atom stereocenters. The minimum atomic E-state index is -0.889. The Bertz CT molecular complexity index is 1030. The molecule has 1 aliphatic carbocycles. The summed E-state index contributed by atoms with van der Waals surface area (Å²) in [6.07, 6.45) is 4.20. The number of Topliss-reactive ketones (excluding diaryl/α,β-unsaturated/α-hetero) is 1. The molecule has 2 aromatic carbocycles. The van der Waals surface area contributed by atoms with Crippen LogP contribution in [0.4, 0.5) is 4.79 Å². The summed E-state index contributed by atoms with van der Waals surface area (Å²) in [5.41, 5.74) is 4.53. The maximum absolute atomic E-state index is 12.9. The lowest BCUT2D eigenvalue weighted by molar-refractivity contribution is -0.151. The number of hydrogen-bond acceptors (Lipinski definition) is 5. The topological polar surface area (TPSA) is 81.7 Å². The molecule has 1 N–H and O–H groups in total. The van der Waals surface area contributed by atoms with Crippen LogP contribution in [0.25, 0.3) is 11.1 Å². The number of ether oxygens (including phenoxy) is 2. The van der Waals surface area contributed by atoms with Gasteiger partial charge in [0, 0.05) is 12.3 Å². The number of benzene rings is 2. The van der Waals surface area contributed by atoms with Gasteiger partial charge in [-0.25, -0.2) is 9.59 Å². The molecule has 2 aromatic rings. The minimum Gasteiger partial charge on any atom is -0.456 e. The molecule has 1 aliphatic rings. The Kier molecular flexibility index (Phi) is 9.24. The summed E-state index contributed by atoms with van der Waals surface area (Å²) >= 11 is 0. The molecule has 0 aromatic heterocycles. The van der Waals surface area contributed by atoms with Gasteiger partial charge in [-0.15, -0.1) is 0 Å². The van der Waals surface area contributed by atoms with Crippen molar-refractivity contribution in [1.82, 2.24) is 5.32 Å². The average Bonchev–Trinajstić information content (AvgIpc) is 3.14. The van der Waals surface area contributed by atoms with E-state index >= 15 is 0 Å². The standard InChI is InChI=1S/C29H35NO5/c1-5-6-7-12-21(17-20(4)31)35-28(32)27(19(2)3)30-29(33)34-18-26-24-15-10-8-13-22(24)23-14-9-11-16-25(23)26/h7-16,19,21,26-27H,5-6,17-18H2,1-4H3,(H,30,33)/b12-7+/t21-,27+/m1/s1. The Balaban J connectivity index is 1.64. The second-order valence-corrected chi connectivity index (χ2v) is 9.29. The second kappa shape index (κ2) is 12.3. The molecule has 6 heteroatoms. The van der Waals surface area contributed by atoms with Crippen molar-refractivity contribution in [3.63, 3.8) is 0 Å². The molecule has 35 heavy (non-hydrogen) atoms. The van der Waals surface area contributed by atoms with Gasteiger partial charge in [-0.3, -0.25) is 4.79 Å². The first-order valence-corrected chi connectivity index (χ1v) is 12.3. The smallest absolute Gasteiger partial charge is 0.407 e. The number of ketones is 1. The maximum atomic E-state index is 12.9. The van der Waals surface area contributed by atoms with Crippen LogP contribution >= 0.6 is 0 Å². The van der Waals surface area contributed by atoms with Crippen molar-refractivity contribution in [2.45, 2.75) is 65.0 Å². The summed E-state index contributed by atoms with van der Waals surface area (Å²) in [6.45, 7) is 7.31. The Morgan fingerprint density at radius 1 is 1.00 bits per heavy atom. The van der Waals surface area contributed by atoms with E-state index in [9.17, 15) is 14.4 Å². The second-order valence-electron chi connectivity index (χ2n) is 9.29. The molecule has 0 heterocycles. The van der Waals surface area contributed by atoms with E-state index in [4.69, 9.17) is 9.47 Å². The summed E-state index contributed by atoms with van der Waals surface area (Å²) in [4.78, 5) is 37.2. The van der Waals surface area contributed by atoms with Crippen molar-refractivity contribution >= 4 is 17.8 Å². The van der Waals surface area contributed by atoms with Crippen LogP contribution in [-0.4, -0.2) is 36.6 Å². The number of carbonyl (C=O) groups is 3. The van der Waals surface area contributed by atoms with Crippen molar-refractivity contribution in [2.75, 3.05) is 6.61 Å². The molecule has 6 nitrogen and oxygen atoms in total. The zero-order valence-corrected chi connectivity index (χ0v) is 21.0. The van der Waals surface area contributed by atoms with Crippen LogP contribution in [0.5, 0.6) is 0 Å². The number of rotatable bonds is 11. The maximum Gasteiger partial charge on any atom is 0.407 e. The van der Waals surface area contributed by atoms with Crippen LogP contribution in [0, 0.1) is 5.92 Å². The van der Waals surface area contributed by atoms with Gasteiger partial charge < -0.3 is 14.8 Å². The normalized spacial score (nSPS) is 14.3. The fraction of sp³-hybridized carbons (Fsp3) is 0.414. The molecule has 3 rings (SSSR count). The number of fused-ring (bicyclic) bond motifs is 3. The highest BCUT2D eigenvalue weighted by atomic mass is 16.6. The van der Waals surface area contributed by atoms with E-state index in [-0.39, 0.29) is 30.6 Å². The first kappa shape index (κ1) is 26.2. The number of alkyl carbamates (subject to hydrolysis) is 1. The molecule has 1 amide bonds. The Labute approximate surface area is 207 Å². The van der Waals surface area contributed by atoms with Gasteiger partial charge in [-0.1, -0.05) is 81.8 Å². The van der Waals surface area contributed by atoms with Gasteiger partial charge in [0.05, 0.1) is 0 Å². The van der Waals surface area contributed by atoms with Gasteiger partial charge in [-0.2, -0.15) is 0 Å². The highest BCUT2D eigenvalue weighted by Crippen LogP contribution is 2.44. The number of nitrogens with one attached hydrogen (secondary N) is 1. The van der Waals surface area contributed by atoms with Crippen LogP contribution in [0.15, 0.2) is 60.7 Å². The molecule has 0 spiro atoms. The highest BCUT2D eigenvalue weighted by Gasteiger charge is 2.31. The molecule has 0 bridgehead atoms. The fourth-order valence-electron chi connectivity index (χ4n) is 4.33. The van der Waals surface area contributed by atoms with E-state index in [0.29, 0.717) is 0 Å². The van der Waals surface area contributed by atoms with Crippen LogP contribution in [0.2, 0.25) is 0 Å². The van der Waals surface area contributed by atoms with Crippen molar-refractivity contribution in [2.24, 2.45) is 5.92 Å². The summed E-state index contributed by atoms with van der Waals surface area (Å²) in [5, 5.41) is 2.67. The lowest BCUT2D eigenvalue weighted by atomic mass is 9.98. The third kappa shape index (κ3) is 6.81. The predicted octanol–water partition coefficient (Wildman–Crippen LogP) is 5.80. The fourth-order valence-corrected chi connectivity index (χ4v) is 4.33. The molecular weight excluding hydrogens is 442 g/mol. The third-order valence-electron chi connectivity index (χ3n) is 6.10. The van der Waals surface area contributed by atoms with Crippen LogP contribution in [0.1, 0.15) is 64.0 Å². The van der Waals surface area contributed by atoms with Crippen molar-refractivity contribution in [3.8, 4) is 11.1 Å². The lowest BCUT2D eigenvalue weighted by Crippen LogP contribution is -2.46. The molecule has 0 aliphatic heterocycles. The largest absolute Gasteiger partial charge is 0.456 e. The first-order valence-electron chi connectivity index (χ1n) is 12.3. The van der Waals surface area contributed by atoms with Gasteiger partial charge in [0.2, 0.25) is 0 Å². The Hall–Kier alpha value is -3.41. The summed E-state index contributed by atoms with van der Waals surface area (Å²) in [5.74, 6) is -0.947. The van der Waals surface area contributed by atoms with Crippen LogP contribution in [-0.2, 0) is 19.1 Å². The first-order chi connectivity index (χ1) is 16.8. The summed E-state index contributed by atoms with van der Waals surface area (Å²) in [6, 6.07) is 15.3. The number of carbonyl (C=O) groups excluding carboxylic acids is 3. The van der Waals surface area contributed by atoms with Crippen molar-refractivity contribution < 1.29 is 23.9 Å². The Morgan fingerprint density at radius 2 is 1.60 bits per heavy atom. The molecule has 186 valence electrons. The molecule has 0 radical (unpaired) electrons. The van der Waals surface area contributed by atoms with E-state index in [1.54, 1.807) is 6.08 Å². The zero-order valence-electron chi connectivity index (χ0n) is 21.0. The van der Waals surface area contributed by atoms with E-state index in [1.165, 1.54) is 6.92 Å². The zero-order chi connectivity index (χ0) is 25.4. The summed E-state index contributed by atoms with van der Waals surface area (Å²) < 4.78 is 11.2. The SMILES string of the molecule is CCC/C=C/[C@H](CC(C)=O)OC(=O)[C@@H](NC(=O)OCC1c2ccccc2-c2ccccc21)C(C)C. The third-order valence-corrected chi connectivity index (χ3v) is 6.10.